The number of nitrogens with zero attached hydrogens (tertiary/aromatic N) is 2. The van der Waals surface area contributed by atoms with Crippen molar-refractivity contribution in [1.29, 1.82) is 0 Å². The zero-order chi connectivity index (χ0) is 14.8. The average molecular weight is 288 g/mol. The summed E-state index contributed by atoms with van der Waals surface area (Å²) in [4.78, 5) is 15.3. The van der Waals surface area contributed by atoms with Gasteiger partial charge in [-0.3, -0.25) is 4.79 Å². The van der Waals surface area contributed by atoms with Crippen LogP contribution in [0.5, 0.6) is 5.88 Å². The molecule has 0 bridgehead atoms. The first kappa shape index (κ1) is 13.9. The maximum Gasteiger partial charge on any atom is 0.303 e. The summed E-state index contributed by atoms with van der Waals surface area (Å²) in [5, 5.41) is 8.84. The van der Waals surface area contributed by atoms with Crippen molar-refractivity contribution < 1.29 is 14.6 Å². The molecule has 0 amide bonds. The van der Waals surface area contributed by atoms with Crippen molar-refractivity contribution in [3.63, 3.8) is 0 Å². The highest BCUT2D eigenvalue weighted by Gasteiger charge is 2.21. The molecule has 0 saturated carbocycles. The van der Waals surface area contributed by atoms with Gasteiger partial charge in [-0.25, -0.2) is 4.98 Å². The predicted octanol–water partition coefficient (Wildman–Crippen LogP) is 2.79. The minimum atomic E-state index is -0.738. The summed E-state index contributed by atoms with van der Waals surface area (Å²) in [6, 6.07) is 3.96. The van der Waals surface area contributed by atoms with Crippen molar-refractivity contribution in [2.24, 2.45) is 0 Å². The third-order valence-corrected chi connectivity index (χ3v) is 4.17. The van der Waals surface area contributed by atoms with Crippen LogP contribution in [0.25, 0.3) is 11.0 Å². The smallest absolute Gasteiger partial charge is 0.303 e. The number of aromatic nitrogens is 2. The number of carbonyl (C=O) groups is 1. The largest absolute Gasteiger partial charge is 0.481 e. The molecule has 21 heavy (non-hydrogen) atoms. The molecule has 0 aromatic carbocycles. The minimum Gasteiger partial charge on any atom is -0.481 e. The molecule has 5 nitrogen and oxygen atoms in total. The van der Waals surface area contributed by atoms with Crippen LogP contribution < -0.4 is 4.74 Å². The van der Waals surface area contributed by atoms with E-state index in [2.05, 4.69) is 15.6 Å². The molecule has 0 spiro atoms. The first-order chi connectivity index (χ1) is 10.2. The highest BCUT2D eigenvalue weighted by atomic mass is 16.5. The van der Waals surface area contributed by atoms with E-state index in [1.165, 1.54) is 24.1 Å². The van der Waals surface area contributed by atoms with Crippen molar-refractivity contribution in [1.82, 2.24) is 9.55 Å². The van der Waals surface area contributed by atoms with Gasteiger partial charge in [0, 0.05) is 24.7 Å². The lowest BCUT2D eigenvalue weighted by Gasteiger charge is -2.17. The molecule has 0 unspecified atom stereocenters. The van der Waals surface area contributed by atoms with Gasteiger partial charge in [-0.05, 0) is 43.7 Å². The van der Waals surface area contributed by atoms with E-state index in [4.69, 9.17) is 9.84 Å². The Morgan fingerprint density at radius 1 is 1.43 bits per heavy atom. The molecule has 1 aliphatic heterocycles. The number of aliphatic carboxylic acids is 1. The minimum absolute atomic E-state index is 0.204. The second kappa shape index (κ2) is 5.76. The predicted molar refractivity (Wildman–Crippen MR) is 79.8 cm³/mol. The van der Waals surface area contributed by atoms with Gasteiger partial charge in [0.25, 0.3) is 0 Å². The normalized spacial score (nSPS) is 14.1. The second-order valence-electron chi connectivity index (χ2n) is 5.50. The molecule has 0 atom stereocenters. The van der Waals surface area contributed by atoms with Crippen molar-refractivity contribution >= 4 is 17.0 Å². The number of pyridine rings is 1. The molecular weight excluding hydrogens is 268 g/mol. The molecule has 2 aromatic rings. The highest BCUT2D eigenvalue weighted by molar-refractivity contribution is 5.82. The van der Waals surface area contributed by atoms with Crippen LogP contribution in [0, 0.1) is 0 Å². The molecule has 3 rings (SSSR count). The van der Waals surface area contributed by atoms with Gasteiger partial charge in [-0.1, -0.05) is 0 Å². The van der Waals surface area contributed by atoms with Gasteiger partial charge in [0.2, 0.25) is 5.88 Å². The van der Waals surface area contributed by atoms with E-state index in [1.807, 2.05) is 6.07 Å². The number of fused-ring (bicyclic) bond motifs is 3. The topological polar surface area (TPSA) is 64.3 Å². The summed E-state index contributed by atoms with van der Waals surface area (Å²) >= 11 is 0. The lowest BCUT2D eigenvalue weighted by atomic mass is 10.0. The fourth-order valence-corrected chi connectivity index (χ4v) is 3.22. The Hall–Kier alpha value is -2.04. The molecule has 1 N–H and O–H groups in total. The van der Waals surface area contributed by atoms with Gasteiger partial charge in [0.15, 0.2) is 0 Å². The van der Waals surface area contributed by atoms with Crippen LogP contribution in [-0.4, -0.2) is 27.7 Å². The van der Waals surface area contributed by atoms with Crippen molar-refractivity contribution in [2.75, 3.05) is 7.11 Å². The Labute approximate surface area is 123 Å². The first-order valence-corrected chi connectivity index (χ1v) is 7.47. The van der Waals surface area contributed by atoms with Crippen molar-refractivity contribution in [3.8, 4) is 5.88 Å². The SMILES string of the molecule is COc1ccc2c(n1)c(CCCC(=O)O)c1n2CCCC1. The molecule has 3 heterocycles. The van der Waals surface area contributed by atoms with Crippen LogP contribution in [0.4, 0.5) is 0 Å². The summed E-state index contributed by atoms with van der Waals surface area (Å²) in [6.45, 7) is 1.03. The van der Waals surface area contributed by atoms with E-state index in [9.17, 15) is 4.79 Å². The van der Waals surface area contributed by atoms with E-state index >= 15 is 0 Å². The molecule has 0 aliphatic carbocycles. The molecular formula is C16H20N2O3. The van der Waals surface area contributed by atoms with Gasteiger partial charge in [0.05, 0.1) is 18.1 Å². The van der Waals surface area contributed by atoms with Crippen LogP contribution in [0.2, 0.25) is 0 Å². The Balaban J connectivity index is 2.04. The molecule has 0 saturated heterocycles. The van der Waals surface area contributed by atoms with E-state index in [-0.39, 0.29) is 6.42 Å². The molecule has 112 valence electrons. The Morgan fingerprint density at radius 2 is 2.29 bits per heavy atom. The van der Waals surface area contributed by atoms with Crippen LogP contribution in [0.15, 0.2) is 12.1 Å². The van der Waals surface area contributed by atoms with E-state index in [0.717, 1.165) is 30.4 Å². The average Bonchev–Trinajstić information content (AvgIpc) is 2.81. The van der Waals surface area contributed by atoms with Gasteiger partial charge in [-0.2, -0.15) is 0 Å². The third-order valence-electron chi connectivity index (χ3n) is 4.17. The lowest BCUT2D eigenvalue weighted by Crippen LogP contribution is -2.11. The number of ether oxygens (including phenoxy) is 1. The van der Waals surface area contributed by atoms with Crippen molar-refractivity contribution in [2.45, 2.75) is 45.1 Å². The van der Waals surface area contributed by atoms with Crippen LogP contribution in [0.1, 0.15) is 36.9 Å². The zero-order valence-electron chi connectivity index (χ0n) is 12.3. The standard InChI is InChI=1S/C16H20N2O3/c1-21-14-9-8-13-16(17-14)11(5-4-7-15(19)20)12-6-2-3-10-18(12)13/h8-9H,2-7,10H2,1H3,(H,19,20). The van der Waals surface area contributed by atoms with Gasteiger partial charge >= 0.3 is 5.97 Å². The van der Waals surface area contributed by atoms with Crippen LogP contribution >= 0.6 is 0 Å². The quantitative estimate of drug-likeness (QED) is 0.919. The number of hydrogen-bond acceptors (Lipinski definition) is 3. The maximum atomic E-state index is 10.7. The number of carboxylic acid groups (broad SMARTS) is 1. The Bertz CT molecular complexity index is 676. The monoisotopic (exact) mass is 288 g/mol. The fraction of sp³-hybridized carbons (Fsp3) is 0.500. The number of aryl methyl sites for hydroxylation is 2. The summed E-state index contributed by atoms with van der Waals surface area (Å²) in [5.41, 5.74) is 4.68. The van der Waals surface area contributed by atoms with E-state index in [1.54, 1.807) is 7.11 Å². The van der Waals surface area contributed by atoms with Crippen LogP contribution in [0.3, 0.4) is 0 Å². The molecule has 0 radical (unpaired) electrons. The number of rotatable bonds is 5. The highest BCUT2D eigenvalue weighted by Crippen LogP contribution is 2.32. The van der Waals surface area contributed by atoms with Crippen molar-refractivity contribution in [3.05, 3.63) is 23.4 Å². The zero-order valence-corrected chi connectivity index (χ0v) is 12.3. The first-order valence-electron chi connectivity index (χ1n) is 7.47. The van der Waals surface area contributed by atoms with Gasteiger partial charge in [-0.15, -0.1) is 0 Å². The molecule has 2 aromatic heterocycles. The third kappa shape index (κ3) is 2.60. The van der Waals surface area contributed by atoms with E-state index in [0.29, 0.717) is 12.3 Å². The molecule has 0 fully saturated rings. The van der Waals surface area contributed by atoms with E-state index < -0.39 is 5.97 Å². The molecule has 1 aliphatic rings. The Kier molecular flexibility index (Phi) is 3.82. The fourth-order valence-electron chi connectivity index (χ4n) is 3.22. The summed E-state index contributed by atoms with van der Waals surface area (Å²) in [5.74, 6) is -0.122. The summed E-state index contributed by atoms with van der Waals surface area (Å²) in [6.07, 6.45) is 5.07. The summed E-state index contributed by atoms with van der Waals surface area (Å²) in [7, 11) is 1.62. The summed E-state index contributed by atoms with van der Waals surface area (Å²) < 4.78 is 7.59. The number of carboxylic acids is 1. The Morgan fingerprint density at radius 3 is 3.05 bits per heavy atom. The number of hydrogen-bond donors (Lipinski definition) is 1. The van der Waals surface area contributed by atoms with Gasteiger partial charge < -0.3 is 14.4 Å². The lowest BCUT2D eigenvalue weighted by molar-refractivity contribution is -0.137. The maximum absolute atomic E-state index is 10.7. The van der Waals surface area contributed by atoms with Crippen LogP contribution in [-0.2, 0) is 24.2 Å². The number of methoxy groups -OCH3 is 1. The second-order valence-corrected chi connectivity index (χ2v) is 5.50. The van der Waals surface area contributed by atoms with Gasteiger partial charge in [0.1, 0.15) is 0 Å². The molecule has 5 heteroatoms.